The van der Waals surface area contributed by atoms with Crippen molar-refractivity contribution in [2.24, 2.45) is 5.92 Å². The molecule has 0 unspecified atom stereocenters. The lowest BCUT2D eigenvalue weighted by atomic mass is 9.97. The molecule has 2 rings (SSSR count). The van der Waals surface area contributed by atoms with Gasteiger partial charge in [0, 0.05) is 13.0 Å². The van der Waals surface area contributed by atoms with E-state index in [0.29, 0.717) is 18.9 Å². The van der Waals surface area contributed by atoms with Crippen LogP contribution in [0.3, 0.4) is 0 Å². The number of carbonyl (C=O) groups is 1. The van der Waals surface area contributed by atoms with Crippen molar-refractivity contribution in [3.8, 4) is 5.75 Å². The Balaban J connectivity index is 0.00000220. The molecule has 4 nitrogen and oxygen atoms in total. The number of benzene rings is 1. The summed E-state index contributed by atoms with van der Waals surface area (Å²) in [6, 6.07) is 5.90. The van der Waals surface area contributed by atoms with Gasteiger partial charge in [-0.05, 0) is 50.2 Å². The van der Waals surface area contributed by atoms with Crippen molar-refractivity contribution in [2.45, 2.75) is 12.8 Å². The molecular weight excluding hydrogens is 295 g/mol. The van der Waals surface area contributed by atoms with Gasteiger partial charge >= 0.3 is 0 Å². The summed E-state index contributed by atoms with van der Waals surface area (Å²) in [5, 5.41) is 3.25. The lowest BCUT2D eigenvalue weighted by Crippen LogP contribution is -2.40. The molecule has 0 saturated carbocycles. The lowest BCUT2D eigenvalue weighted by molar-refractivity contribution is -0.135. The van der Waals surface area contributed by atoms with Crippen LogP contribution < -0.4 is 10.1 Å². The van der Waals surface area contributed by atoms with Crippen LogP contribution in [0.4, 0.5) is 4.39 Å². The second-order valence-corrected chi connectivity index (χ2v) is 5.09. The molecule has 1 aromatic rings. The average Bonchev–Trinajstić information content (AvgIpc) is 2.49. The van der Waals surface area contributed by atoms with Gasteiger partial charge in [-0.25, -0.2) is 4.39 Å². The Morgan fingerprint density at radius 3 is 2.57 bits per heavy atom. The van der Waals surface area contributed by atoms with Gasteiger partial charge in [0.05, 0.1) is 6.54 Å². The van der Waals surface area contributed by atoms with Crippen molar-refractivity contribution in [2.75, 3.05) is 33.3 Å². The SMILES string of the molecule is CN(CCOc1ccc(F)cc1)C(=O)C1CCNCC1.Cl. The number of hydrogen-bond donors (Lipinski definition) is 1. The van der Waals surface area contributed by atoms with E-state index in [-0.39, 0.29) is 30.0 Å². The molecule has 118 valence electrons. The van der Waals surface area contributed by atoms with Gasteiger partial charge in [-0.3, -0.25) is 4.79 Å². The Labute approximate surface area is 131 Å². The molecule has 1 aromatic carbocycles. The summed E-state index contributed by atoms with van der Waals surface area (Å²) in [4.78, 5) is 13.9. The van der Waals surface area contributed by atoms with E-state index in [0.717, 1.165) is 25.9 Å². The zero-order valence-electron chi connectivity index (χ0n) is 12.2. The highest BCUT2D eigenvalue weighted by Gasteiger charge is 2.23. The summed E-state index contributed by atoms with van der Waals surface area (Å²) in [6.07, 6.45) is 1.81. The molecule has 6 heteroatoms. The Morgan fingerprint density at radius 1 is 1.33 bits per heavy atom. The van der Waals surface area contributed by atoms with Crippen LogP contribution in [0.5, 0.6) is 5.75 Å². The third kappa shape index (κ3) is 5.52. The molecule has 0 aliphatic carbocycles. The summed E-state index contributed by atoms with van der Waals surface area (Å²) in [7, 11) is 1.80. The van der Waals surface area contributed by atoms with Crippen LogP contribution in [0.15, 0.2) is 24.3 Å². The number of rotatable bonds is 5. The smallest absolute Gasteiger partial charge is 0.225 e. The van der Waals surface area contributed by atoms with E-state index in [1.165, 1.54) is 12.1 Å². The molecule has 1 amide bonds. The maximum Gasteiger partial charge on any atom is 0.225 e. The maximum atomic E-state index is 12.7. The van der Waals surface area contributed by atoms with Gasteiger partial charge in [-0.15, -0.1) is 12.4 Å². The molecule has 1 N–H and O–H groups in total. The fraction of sp³-hybridized carbons (Fsp3) is 0.533. The number of nitrogens with one attached hydrogen (secondary N) is 1. The Hall–Kier alpha value is -1.33. The van der Waals surface area contributed by atoms with Crippen LogP contribution in [0.1, 0.15) is 12.8 Å². The largest absolute Gasteiger partial charge is 0.492 e. The number of piperidine rings is 1. The number of hydrogen-bond acceptors (Lipinski definition) is 3. The van der Waals surface area contributed by atoms with Crippen molar-refractivity contribution in [3.05, 3.63) is 30.1 Å². The molecule has 1 aliphatic heterocycles. The topological polar surface area (TPSA) is 41.6 Å². The van der Waals surface area contributed by atoms with Gasteiger partial charge in [0.25, 0.3) is 0 Å². The molecule has 1 saturated heterocycles. The fourth-order valence-corrected chi connectivity index (χ4v) is 2.32. The molecule has 1 heterocycles. The molecule has 0 spiro atoms. The summed E-state index contributed by atoms with van der Waals surface area (Å²) < 4.78 is 18.2. The summed E-state index contributed by atoms with van der Waals surface area (Å²) in [5.74, 6) is 0.658. The minimum Gasteiger partial charge on any atom is -0.492 e. The third-order valence-electron chi connectivity index (χ3n) is 3.57. The Morgan fingerprint density at radius 2 is 1.95 bits per heavy atom. The molecule has 1 aliphatic rings. The quantitative estimate of drug-likeness (QED) is 0.904. The van der Waals surface area contributed by atoms with Gasteiger partial charge in [-0.1, -0.05) is 0 Å². The minimum atomic E-state index is -0.282. The van der Waals surface area contributed by atoms with Crippen LogP contribution in [0.25, 0.3) is 0 Å². The van der Waals surface area contributed by atoms with E-state index in [4.69, 9.17) is 4.74 Å². The van der Waals surface area contributed by atoms with Gasteiger partial charge in [0.1, 0.15) is 18.2 Å². The van der Waals surface area contributed by atoms with Crippen molar-refractivity contribution < 1.29 is 13.9 Å². The lowest BCUT2D eigenvalue weighted by Gasteiger charge is -2.26. The summed E-state index contributed by atoms with van der Waals surface area (Å²) in [5.41, 5.74) is 0. The highest BCUT2D eigenvalue weighted by atomic mass is 35.5. The second-order valence-electron chi connectivity index (χ2n) is 5.09. The predicted octanol–water partition coefficient (Wildman–Crippen LogP) is 2.08. The molecule has 0 radical (unpaired) electrons. The first-order valence-corrected chi connectivity index (χ1v) is 7.01. The highest BCUT2D eigenvalue weighted by Crippen LogP contribution is 2.15. The Kier molecular flexibility index (Phi) is 7.47. The first-order valence-electron chi connectivity index (χ1n) is 7.01. The highest BCUT2D eigenvalue weighted by molar-refractivity contribution is 5.85. The normalized spacial score (nSPS) is 15.1. The van der Waals surface area contributed by atoms with Gasteiger partial charge in [0.2, 0.25) is 5.91 Å². The molecule has 0 bridgehead atoms. The first kappa shape index (κ1) is 17.7. The van der Waals surface area contributed by atoms with E-state index in [2.05, 4.69) is 5.32 Å². The number of likely N-dealkylation sites (N-methyl/N-ethyl adjacent to an activating group) is 1. The predicted molar refractivity (Wildman–Crippen MR) is 82.4 cm³/mol. The van der Waals surface area contributed by atoms with E-state index in [9.17, 15) is 9.18 Å². The molecule has 21 heavy (non-hydrogen) atoms. The van der Waals surface area contributed by atoms with E-state index in [1.54, 1.807) is 24.1 Å². The fourth-order valence-electron chi connectivity index (χ4n) is 2.32. The van der Waals surface area contributed by atoms with Crippen LogP contribution in [0.2, 0.25) is 0 Å². The Bertz CT molecular complexity index is 436. The average molecular weight is 317 g/mol. The van der Waals surface area contributed by atoms with Crippen LogP contribution in [0, 0.1) is 11.7 Å². The number of carbonyl (C=O) groups excluding carboxylic acids is 1. The number of amides is 1. The van der Waals surface area contributed by atoms with Crippen LogP contribution in [-0.2, 0) is 4.79 Å². The number of nitrogens with zero attached hydrogens (tertiary/aromatic N) is 1. The van der Waals surface area contributed by atoms with Crippen molar-refractivity contribution in [3.63, 3.8) is 0 Å². The molecule has 1 fully saturated rings. The maximum absolute atomic E-state index is 12.7. The third-order valence-corrected chi connectivity index (χ3v) is 3.57. The number of ether oxygens (including phenoxy) is 1. The van der Waals surface area contributed by atoms with Gasteiger partial charge < -0.3 is 15.0 Å². The van der Waals surface area contributed by atoms with E-state index >= 15 is 0 Å². The van der Waals surface area contributed by atoms with E-state index in [1.807, 2.05) is 0 Å². The van der Waals surface area contributed by atoms with E-state index < -0.39 is 0 Å². The van der Waals surface area contributed by atoms with Crippen molar-refractivity contribution in [1.29, 1.82) is 0 Å². The minimum absolute atomic E-state index is 0. The van der Waals surface area contributed by atoms with Gasteiger partial charge in [-0.2, -0.15) is 0 Å². The summed E-state index contributed by atoms with van der Waals surface area (Å²) in [6.45, 7) is 2.78. The monoisotopic (exact) mass is 316 g/mol. The second kappa shape index (κ2) is 8.85. The van der Waals surface area contributed by atoms with Crippen LogP contribution in [-0.4, -0.2) is 44.1 Å². The zero-order chi connectivity index (χ0) is 14.4. The first-order chi connectivity index (χ1) is 9.66. The zero-order valence-corrected chi connectivity index (χ0v) is 13.0. The van der Waals surface area contributed by atoms with Crippen molar-refractivity contribution >= 4 is 18.3 Å². The summed E-state index contributed by atoms with van der Waals surface area (Å²) >= 11 is 0. The standard InChI is InChI=1S/C15H21FN2O2.ClH/c1-18(15(19)12-6-8-17-9-7-12)10-11-20-14-4-2-13(16)3-5-14;/h2-5,12,17H,6-11H2,1H3;1H. The number of halogens is 2. The molecular formula is C15H22ClFN2O2. The molecule has 0 atom stereocenters. The van der Waals surface area contributed by atoms with Gasteiger partial charge in [0.15, 0.2) is 0 Å². The van der Waals surface area contributed by atoms with Crippen LogP contribution >= 0.6 is 12.4 Å². The van der Waals surface area contributed by atoms with Crippen molar-refractivity contribution in [1.82, 2.24) is 10.2 Å². The molecule has 0 aromatic heterocycles.